The number of nitriles is 1. The summed E-state index contributed by atoms with van der Waals surface area (Å²) in [5.41, 5.74) is 2.61. The molecule has 3 rings (SSSR count). The summed E-state index contributed by atoms with van der Waals surface area (Å²) in [6.07, 6.45) is 1.64. The van der Waals surface area contributed by atoms with Gasteiger partial charge in [-0.1, -0.05) is 19.6 Å². The SMILES string of the molecule is C.N#Cc1ccc(/C=C2\C(=O)Nc3ccc([N+](=O)[O-])cc32)cc1. The van der Waals surface area contributed by atoms with Crippen molar-refractivity contribution in [2.45, 2.75) is 7.43 Å². The van der Waals surface area contributed by atoms with E-state index in [1.807, 2.05) is 6.07 Å². The fourth-order valence-electron chi connectivity index (χ4n) is 2.25. The van der Waals surface area contributed by atoms with Gasteiger partial charge in [0, 0.05) is 29.0 Å². The topological polar surface area (TPSA) is 96.0 Å². The summed E-state index contributed by atoms with van der Waals surface area (Å²) < 4.78 is 0. The summed E-state index contributed by atoms with van der Waals surface area (Å²) >= 11 is 0. The largest absolute Gasteiger partial charge is 0.321 e. The van der Waals surface area contributed by atoms with Gasteiger partial charge < -0.3 is 5.32 Å². The molecule has 0 saturated carbocycles. The van der Waals surface area contributed by atoms with Gasteiger partial charge in [0.1, 0.15) is 0 Å². The molecule has 2 aromatic rings. The number of fused-ring (bicyclic) bond motifs is 1. The lowest BCUT2D eigenvalue weighted by atomic mass is 10.0. The molecule has 6 heteroatoms. The van der Waals surface area contributed by atoms with Gasteiger partial charge in [-0.2, -0.15) is 5.26 Å². The predicted octanol–water partition coefficient (Wildman–Crippen LogP) is 3.60. The van der Waals surface area contributed by atoms with Gasteiger partial charge in [0.15, 0.2) is 0 Å². The lowest BCUT2D eigenvalue weighted by Crippen LogP contribution is -2.03. The van der Waals surface area contributed by atoms with E-state index >= 15 is 0 Å². The fraction of sp³-hybridized carbons (Fsp3) is 0.0588. The average molecular weight is 307 g/mol. The van der Waals surface area contributed by atoms with E-state index in [2.05, 4.69) is 5.32 Å². The molecule has 1 heterocycles. The van der Waals surface area contributed by atoms with Crippen LogP contribution in [-0.4, -0.2) is 10.8 Å². The highest BCUT2D eigenvalue weighted by molar-refractivity contribution is 6.35. The summed E-state index contributed by atoms with van der Waals surface area (Å²) in [7, 11) is 0. The van der Waals surface area contributed by atoms with E-state index in [1.54, 1.807) is 30.3 Å². The Morgan fingerprint density at radius 3 is 2.48 bits per heavy atom. The van der Waals surface area contributed by atoms with Gasteiger partial charge in [0.25, 0.3) is 11.6 Å². The average Bonchev–Trinajstić information content (AvgIpc) is 2.83. The molecule has 0 aliphatic carbocycles. The molecule has 114 valence electrons. The van der Waals surface area contributed by atoms with E-state index in [0.717, 1.165) is 5.56 Å². The third kappa shape index (κ3) is 2.94. The minimum atomic E-state index is -0.498. The fourth-order valence-corrected chi connectivity index (χ4v) is 2.25. The van der Waals surface area contributed by atoms with Crippen LogP contribution in [0.25, 0.3) is 11.6 Å². The molecular formula is C17H13N3O3. The molecule has 1 amide bonds. The zero-order valence-corrected chi connectivity index (χ0v) is 11.2. The lowest BCUT2D eigenvalue weighted by molar-refractivity contribution is -0.384. The molecule has 0 unspecified atom stereocenters. The molecule has 1 aliphatic rings. The smallest absolute Gasteiger partial charge is 0.270 e. The van der Waals surface area contributed by atoms with Crippen molar-refractivity contribution < 1.29 is 9.72 Å². The van der Waals surface area contributed by atoms with Crippen LogP contribution in [0.5, 0.6) is 0 Å². The maximum Gasteiger partial charge on any atom is 0.270 e. The Hall–Kier alpha value is -3.46. The summed E-state index contributed by atoms with van der Waals surface area (Å²) in [4.78, 5) is 22.4. The number of carbonyl (C=O) groups is 1. The van der Waals surface area contributed by atoms with Gasteiger partial charge in [0.2, 0.25) is 0 Å². The highest BCUT2D eigenvalue weighted by Crippen LogP contribution is 2.35. The van der Waals surface area contributed by atoms with Crippen LogP contribution in [0.4, 0.5) is 11.4 Å². The Morgan fingerprint density at radius 2 is 1.87 bits per heavy atom. The van der Waals surface area contributed by atoms with E-state index < -0.39 is 4.92 Å². The van der Waals surface area contributed by atoms with Crippen LogP contribution in [-0.2, 0) is 4.79 Å². The van der Waals surface area contributed by atoms with Crippen molar-refractivity contribution in [2.24, 2.45) is 0 Å². The molecule has 2 aromatic carbocycles. The molecular weight excluding hydrogens is 294 g/mol. The third-order valence-corrected chi connectivity index (χ3v) is 3.35. The van der Waals surface area contributed by atoms with Crippen LogP contribution in [0, 0.1) is 21.4 Å². The number of carbonyl (C=O) groups excluding carboxylic acids is 1. The number of hydrogen-bond acceptors (Lipinski definition) is 4. The number of amides is 1. The van der Waals surface area contributed by atoms with Crippen molar-refractivity contribution in [1.82, 2.24) is 0 Å². The van der Waals surface area contributed by atoms with Crippen molar-refractivity contribution in [3.05, 3.63) is 69.3 Å². The standard InChI is InChI=1S/C16H9N3O3.CH4/c17-9-11-3-1-10(2-4-11)7-14-13-8-12(19(21)22)5-6-15(13)18-16(14)20;/h1-8H,(H,18,20);1H4/b14-7-;. The Morgan fingerprint density at radius 1 is 1.17 bits per heavy atom. The van der Waals surface area contributed by atoms with Gasteiger partial charge in [-0.3, -0.25) is 14.9 Å². The minimum absolute atomic E-state index is 0. The number of nitro benzene ring substituents is 1. The number of nitrogens with one attached hydrogen (secondary N) is 1. The van der Waals surface area contributed by atoms with Crippen LogP contribution >= 0.6 is 0 Å². The van der Waals surface area contributed by atoms with Crippen LogP contribution < -0.4 is 5.32 Å². The third-order valence-electron chi connectivity index (χ3n) is 3.35. The van der Waals surface area contributed by atoms with Gasteiger partial charge in [-0.05, 0) is 29.8 Å². The van der Waals surface area contributed by atoms with Gasteiger partial charge in [-0.25, -0.2) is 0 Å². The zero-order valence-electron chi connectivity index (χ0n) is 11.2. The molecule has 1 N–H and O–H groups in total. The molecule has 0 radical (unpaired) electrons. The maximum absolute atomic E-state index is 12.0. The van der Waals surface area contributed by atoms with E-state index in [9.17, 15) is 14.9 Å². The van der Waals surface area contributed by atoms with E-state index in [0.29, 0.717) is 22.4 Å². The molecule has 1 aliphatic heterocycles. The second kappa shape index (κ2) is 6.12. The first-order chi connectivity index (χ1) is 10.6. The van der Waals surface area contributed by atoms with Crippen molar-refractivity contribution >= 4 is 28.9 Å². The van der Waals surface area contributed by atoms with Crippen molar-refractivity contribution in [3.63, 3.8) is 0 Å². The normalized spacial score (nSPS) is 13.7. The van der Waals surface area contributed by atoms with Crippen LogP contribution in [0.3, 0.4) is 0 Å². The Balaban J connectivity index is 0.00000192. The lowest BCUT2D eigenvalue weighted by Gasteiger charge is -1.99. The summed E-state index contributed by atoms with van der Waals surface area (Å²) in [5, 5.41) is 22.3. The van der Waals surface area contributed by atoms with Crippen molar-refractivity contribution in [3.8, 4) is 6.07 Å². The van der Waals surface area contributed by atoms with E-state index in [4.69, 9.17) is 5.26 Å². The van der Waals surface area contributed by atoms with Crippen molar-refractivity contribution in [1.29, 1.82) is 5.26 Å². The summed E-state index contributed by atoms with van der Waals surface area (Å²) in [6.45, 7) is 0. The second-order valence-corrected chi connectivity index (χ2v) is 4.73. The number of rotatable bonds is 2. The van der Waals surface area contributed by atoms with Gasteiger partial charge >= 0.3 is 0 Å². The highest BCUT2D eigenvalue weighted by atomic mass is 16.6. The molecule has 0 fully saturated rings. The van der Waals surface area contributed by atoms with E-state index in [-0.39, 0.29) is 19.0 Å². The first kappa shape index (κ1) is 15.9. The highest BCUT2D eigenvalue weighted by Gasteiger charge is 2.26. The number of hydrogen-bond donors (Lipinski definition) is 1. The molecule has 0 spiro atoms. The quantitative estimate of drug-likeness (QED) is 0.521. The zero-order chi connectivity index (χ0) is 15.7. The monoisotopic (exact) mass is 307 g/mol. The number of benzene rings is 2. The number of non-ortho nitro benzene ring substituents is 1. The molecule has 0 saturated heterocycles. The minimum Gasteiger partial charge on any atom is -0.321 e. The Labute approximate surface area is 132 Å². The number of anilines is 1. The maximum atomic E-state index is 12.0. The van der Waals surface area contributed by atoms with Crippen LogP contribution in [0.1, 0.15) is 24.1 Å². The summed E-state index contributed by atoms with van der Waals surface area (Å²) in [6, 6.07) is 13.0. The number of nitro groups is 1. The first-order valence-electron chi connectivity index (χ1n) is 6.40. The Bertz CT molecular complexity index is 862. The molecule has 6 nitrogen and oxygen atoms in total. The van der Waals surface area contributed by atoms with Crippen LogP contribution in [0.2, 0.25) is 0 Å². The number of nitrogens with zero attached hydrogens (tertiary/aromatic N) is 2. The Kier molecular flexibility index (Phi) is 4.23. The van der Waals surface area contributed by atoms with Crippen molar-refractivity contribution in [2.75, 3.05) is 5.32 Å². The summed E-state index contributed by atoms with van der Waals surface area (Å²) in [5.74, 6) is -0.306. The molecule has 23 heavy (non-hydrogen) atoms. The van der Waals surface area contributed by atoms with E-state index in [1.165, 1.54) is 18.2 Å². The van der Waals surface area contributed by atoms with Gasteiger partial charge in [0.05, 0.1) is 16.6 Å². The predicted molar refractivity (Wildman–Crippen MR) is 87.5 cm³/mol. The molecule has 0 aromatic heterocycles. The first-order valence-corrected chi connectivity index (χ1v) is 6.40. The molecule has 0 bridgehead atoms. The second-order valence-electron chi connectivity index (χ2n) is 4.73. The van der Waals surface area contributed by atoms with Crippen LogP contribution in [0.15, 0.2) is 42.5 Å². The van der Waals surface area contributed by atoms with Gasteiger partial charge in [-0.15, -0.1) is 0 Å². The molecule has 0 atom stereocenters.